The monoisotopic (exact) mass is 266 g/mol. The van der Waals surface area contributed by atoms with Gasteiger partial charge in [0.15, 0.2) is 5.82 Å². The lowest BCUT2D eigenvalue weighted by Crippen LogP contribution is -2.23. The van der Waals surface area contributed by atoms with Gasteiger partial charge in [-0.3, -0.25) is 4.68 Å². The maximum Gasteiger partial charge on any atom is 0.151 e. The van der Waals surface area contributed by atoms with Crippen LogP contribution < -0.4 is 5.32 Å². The fraction of sp³-hybridized carbons (Fsp3) is 0.385. The van der Waals surface area contributed by atoms with E-state index in [1.165, 1.54) is 18.2 Å². The third-order valence-electron chi connectivity index (χ3n) is 2.88. The van der Waals surface area contributed by atoms with Gasteiger partial charge in [0.25, 0.3) is 0 Å². The minimum atomic E-state index is -0.532. The number of nitrogens with zero attached hydrogens (tertiary/aromatic N) is 3. The van der Waals surface area contributed by atoms with E-state index in [0.29, 0.717) is 18.8 Å². The Labute approximate surface area is 110 Å². The van der Waals surface area contributed by atoms with Crippen molar-refractivity contribution in [2.75, 3.05) is 6.54 Å². The zero-order valence-corrected chi connectivity index (χ0v) is 10.9. The van der Waals surface area contributed by atoms with Crippen LogP contribution in [-0.4, -0.2) is 21.3 Å². The molecule has 1 unspecified atom stereocenters. The second kappa shape index (κ2) is 5.88. The third kappa shape index (κ3) is 3.35. The molecule has 0 saturated heterocycles. The molecule has 2 rings (SSSR count). The summed E-state index contributed by atoms with van der Waals surface area (Å²) in [7, 11) is 1.79. The lowest BCUT2D eigenvalue weighted by atomic mass is 10.1. The van der Waals surface area contributed by atoms with E-state index in [4.69, 9.17) is 0 Å². The molecule has 0 fully saturated rings. The van der Waals surface area contributed by atoms with Gasteiger partial charge in [0.1, 0.15) is 18.0 Å². The van der Waals surface area contributed by atoms with Gasteiger partial charge in [-0.1, -0.05) is 6.07 Å². The van der Waals surface area contributed by atoms with Gasteiger partial charge in [0.2, 0.25) is 0 Å². The average Bonchev–Trinajstić information content (AvgIpc) is 2.75. The SMILES string of the molecule is CC(NCCc1ncn(C)n1)c1c(F)cccc1F. The maximum absolute atomic E-state index is 13.5. The molecule has 0 bridgehead atoms. The van der Waals surface area contributed by atoms with Crippen molar-refractivity contribution in [1.82, 2.24) is 20.1 Å². The molecule has 19 heavy (non-hydrogen) atoms. The fourth-order valence-electron chi connectivity index (χ4n) is 1.93. The van der Waals surface area contributed by atoms with Crippen molar-refractivity contribution in [3.8, 4) is 0 Å². The summed E-state index contributed by atoms with van der Waals surface area (Å²) < 4.78 is 28.7. The Balaban J connectivity index is 1.92. The summed E-state index contributed by atoms with van der Waals surface area (Å²) >= 11 is 0. The Bertz CT molecular complexity index is 533. The fourth-order valence-corrected chi connectivity index (χ4v) is 1.93. The predicted octanol–water partition coefficient (Wildman–Crippen LogP) is 1.99. The Morgan fingerprint density at radius 2 is 2.00 bits per heavy atom. The van der Waals surface area contributed by atoms with E-state index in [9.17, 15) is 8.78 Å². The first-order chi connectivity index (χ1) is 9.08. The van der Waals surface area contributed by atoms with Crippen LogP contribution in [0.5, 0.6) is 0 Å². The number of hydrogen-bond donors (Lipinski definition) is 1. The summed E-state index contributed by atoms with van der Waals surface area (Å²) in [5.74, 6) is -0.358. The molecule has 6 heteroatoms. The minimum Gasteiger partial charge on any atom is -0.310 e. The number of benzene rings is 1. The Morgan fingerprint density at radius 1 is 1.32 bits per heavy atom. The second-order valence-corrected chi connectivity index (χ2v) is 4.40. The molecule has 4 nitrogen and oxygen atoms in total. The van der Waals surface area contributed by atoms with Gasteiger partial charge >= 0.3 is 0 Å². The van der Waals surface area contributed by atoms with E-state index < -0.39 is 17.7 Å². The number of halogens is 2. The molecule has 1 atom stereocenters. The minimum absolute atomic E-state index is 0.0662. The molecule has 102 valence electrons. The Morgan fingerprint density at radius 3 is 2.58 bits per heavy atom. The molecule has 0 radical (unpaired) electrons. The molecule has 1 N–H and O–H groups in total. The molecule has 1 aromatic heterocycles. The predicted molar refractivity (Wildman–Crippen MR) is 67.5 cm³/mol. The molecule has 1 heterocycles. The van der Waals surface area contributed by atoms with Crippen LogP contribution in [0.25, 0.3) is 0 Å². The van der Waals surface area contributed by atoms with Gasteiger partial charge in [-0.15, -0.1) is 0 Å². The molecule has 1 aromatic carbocycles. The van der Waals surface area contributed by atoms with Crippen LogP contribution in [0.1, 0.15) is 24.4 Å². The number of hydrogen-bond acceptors (Lipinski definition) is 3. The van der Waals surface area contributed by atoms with Crippen molar-refractivity contribution < 1.29 is 8.78 Å². The van der Waals surface area contributed by atoms with Crippen molar-refractivity contribution in [2.24, 2.45) is 7.05 Å². The molecule has 0 saturated carbocycles. The number of nitrogens with one attached hydrogen (secondary N) is 1. The Kier molecular flexibility index (Phi) is 4.21. The summed E-state index contributed by atoms with van der Waals surface area (Å²) in [4.78, 5) is 4.08. The molecular formula is C13H16F2N4. The summed E-state index contributed by atoms with van der Waals surface area (Å²) in [6.07, 6.45) is 2.23. The van der Waals surface area contributed by atoms with Crippen LogP contribution >= 0.6 is 0 Å². The molecule has 2 aromatic rings. The van der Waals surface area contributed by atoms with Crippen LogP contribution in [0.2, 0.25) is 0 Å². The van der Waals surface area contributed by atoms with Crippen LogP contribution in [0.4, 0.5) is 8.78 Å². The van der Waals surface area contributed by atoms with Crippen molar-refractivity contribution in [2.45, 2.75) is 19.4 Å². The van der Waals surface area contributed by atoms with E-state index in [-0.39, 0.29) is 5.56 Å². The highest BCUT2D eigenvalue weighted by molar-refractivity contribution is 5.22. The van der Waals surface area contributed by atoms with Gasteiger partial charge in [-0.2, -0.15) is 5.10 Å². The third-order valence-corrected chi connectivity index (χ3v) is 2.88. The quantitative estimate of drug-likeness (QED) is 0.900. The normalized spacial score (nSPS) is 12.6. The number of aromatic nitrogens is 3. The highest BCUT2D eigenvalue weighted by Crippen LogP contribution is 2.19. The van der Waals surface area contributed by atoms with Crippen LogP contribution in [-0.2, 0) is 13.5 Å². The number of aryl methyl sites for hydroxylation is 1. The van der Waals surface area contributed by atoms with Gasteiger partial charge in [0.05, 0.1) is 0 Å². The van der Waals surface area contributed by atoms with Gasteiger partial charge in [0, 0.05) is 31.6 Å². The topological polar surface area (TPSA) is 42.7 Å². The van der Waals surface area contributed by atoms with E-state index in [1.54, 1.807) is 25.0 Å². The van der Waals surface area contributed by atoms with Crippen LogP contribution in [0.3, 0.4) is 0 Å². The van der Waals surface area contributed by atoms with Gasteiger partial charge < -0.3 is 5.32 Å². The Hall–Kier alpha value is -1.82. The maximum atomic E-state index is 13.5. The first-order valence-corrected chi connectivity index (χ1v) is 6.09. The van der Waals surface area contributed by atoms with Gasteiger partial charge in [-0.25, -0.2) is 13.8 Å². The average molecular weight is 266 g/mol. The zero-order chi connectivity index (χ0) is 13.8. The standard InChI is InChI=1S/C13H16F2N4/c1-9(13-10(14)4-3-5-11(13)15)16-7-6-12-17-8-19(2)18-12/h3-5,8-9,16H,6-7H2,1-2H3. The lowest BCUT2D eigenvalue weighted by Gasteiger charge is -2.15. The molecule has 0 amide bonds. The first kappa shape index (κ1) is 13.6. The second-order valence-electron chi connectivity index (χ2n) is 4.40. The molecular weight excluding hydrogens is 250 g/mol. The van der Waals surface area contributed by atoms with E-state index in [1.807, 2.05) is 0 Å². The molecule has 0 spiro atoms. The largest absolute Gasteiger partial charge is 0.310 e. The molecule has 0 aliphatic heterocycles. The van der Waals surface area contributed by atoms with Crippen LogP contribution in [0, 0.1) is 11.6 Å². The lowest BCUT2D eigenvalue weighted by molar-refractivity contribution is 0.488. The summed E-state index contributed by atoms with van der Waals surface area (Å²) in [6, 6.07) is 3.48. The van der Waals surface area contributed by atoms with E-state index >= 15 is 0 Å². The smallest absolute Gasteiger partial charge is 0.151 e. The van der Waals surface area contributed by atoms with E-state index in [2.05, 4.69) is 15.4 Å². The van der Waals surface area contributed by atoms with Gasteiger partial charge in [-0.05, 0) is 19.1 Å². The van der Waals surface area contributed by atoms with Crippen LogP contribution in [0.15, 0.2) is 24.5 Å². The number of rotatable bonds is 5. The molecule has 0 aliphatic rings. The zero-order valence-electron chi connectivity index (χ0n) is 10.9. The van der Waals surface area contributed by atoms with Crippen molar-refractivity contribution in [1.29, 1.82) is 0 Å². The summed E-state index contributed by atoms with van der Waals surface area (Å²) in [6.45, 7) is 2.28. The van der Waals surface area contributed by atoms with Crippen molar-refractivity contribution in [3.63, 3.8) is 0 Å². The first-order valence-electron chi connectivity index (χ1n) is 6.09. The highest BCUT2D eigenvalue weighted by atomic mass is 19.1. The van der Waals surface area contributed by atoms with Crippen molar-refractivity contribution >= 4 is 0 Å². The van der Waals surface area contributed by atoms with E-state index in [0.717, 1.165) is 0 Å². The molecule has 0 aliphatic carbocycles. The summed E-state index contributed by atoms with van der Waals surface area (Å²) in [5.41, 5.74) is 0.0662. The van der Waals surface area contributed by atoms with Crippen molar-refractivity contribution in [3.05, 3.63) is 47.5 Å². The summed E-state index contributed by atoms with van der Waals surface area (Å²) in [5, 5.41) is 7.20. The highest BCUT2D eigenvalue weighted by Gasteiger charge is 2.15.